The average molecular weight is 1480 g/mol. The number of esters is 4. The van der Waals surface area contributed by atoms with Crippen LogP contribution in [0.3, 0.4) is 0 Å². The van der Waals surface area contributed by atoms with Crippen molar-refractivity contribution in [3.63, 3.8) is 0 Å². The summed E-state index contributed by atoms with van der Waals surface area (Å²) in [4.78, 5) is 73.0. The molecule has 0 radical (unpaired) electrons. The molecule has 17 nitrogen and oxygen atoms in total. The SMILES string of the molecule is CCCCCCCCCCCCCCCCCCCCCCC(=O)O[C@H](COC(=O)CCCCCCCCCCCCCCCCCCCC)COP(=O)(O)OC[C@@H](O)COP(=O)(O)OC[C@@H](COC(=O)CCCCCCCCCCCCC)OC(=O)CCCCCCCCCCC(C)CC. The van der Waals surface area contributed by atoms with E-state index in [0.717, 1.165) is 95.8 Å². The molecular weight excluding hydrogens is 1320 g/mol. The summed E-state index contributed by atoms with van der Waals surface area (Å²) in [5, 5.41) is 10.6. The van der Waals surface area contributed by atoms with Crippen molar-refractivity contribution in [2.75, 3.05) is 39.6 Å². The van der Waals surface area contributed by atoms with E-state index in [4.69, 9.17) is 37.0 Å². The van der Waals surface area contributed by atoms with E-state index >= 15 is 0 Å². The number of hydrogen-bond acceptors (Lipinski definition) is 15. The lowest BCUT2D eigenvalue weighted by Crippen LogP contribution is -2.30. The summed E-state index contributed by atoms with van der Waals surface area (Å²) < 4.78 is 68.7. The molecule has 6 atom stereocenters. The fourth-order valence-corrected chi connectivity index (χ4v) is 14.3. The van der Waals surface area contributed by atoms with Crippen molar-refractivity contribution < 1.29 is 80.2 Å². The van der Waals surface area contributed by atoms with E-state index in [1.165, 1.54) is 263 Å². The standard InChI is InChI=1S/C82H160O17P2/c1-6-10-13-16-19-22-25-27-29-31-33-34-36-38-40-43-46-52-57-62-67-81(86)98-77(71-93-80(85)66-61-56-51-45-42-39-37-35-32-30-28-26-23-20-17-14-11-7-2)73-96-100(88,89)94-69-76(83)70-95-101(90,91)97-74-78(72-92-79(84)65-60-55-50-44-41-24-21-18-15-12-8-3)99-82(87)68-63-58-53-48-47-49-54-59-64-75(5)9-4/h75-78,83H,6-74H2,1-5H3,(H,88,89)(H,90,91)/t75?,76-,77-,78-/m1/s1. The molecule has 101 heavy (non-hydrogen) atoms. The van der Waals surface area contributed by atoms with Gasteiger partial charge in [-0.05, 0) is 31.6 Å². The summed E-state index contributed by atoms with van der Waals surface area (Å²) in [5.74, 6) is -1.34. The maximum Gasteiger partial charge on any atom is 0.472 e. The summed E-state index contributed by atoms with van der Waals surface area (Å²) in [7, 11) is -9.92. The van der Waals surface area contributed by atoms with Crippen molar-refractivity contribution in [1.29, 1.82) is 0 Å². The van der Waals surface area contributed by atoms with E-state index in [2.05, 4.69) is 34.6 Å². The largest absolute Gasteiger partial charge is 0.472 e. The highest BCUT2D eigenvalue weighted by atomic mass is 31.2. The second kappa shape index (κ2) is 74.9. The summed E-state index contributed by atoms with van der Waals surface area (Å²) in [5.41, 5.74) is 0. The Morgan fingerprint density at radius 2 is 0.475 bits per heavy atom. The molecule has 0 aliphatic carbocycles. The molecule has 0 bridgehead atoms. The number of aliphatic hydroxyl groups excluding tert-OH is 1. The monoisotopic (exact) mass is 1480 g/mol. The molecule has 600 valence electrons. The Hall–Kier alpha value is -1.94. The van der Waals surface area contributed by atoms with Crippen molar-refractivity contribution in [3.05, 3.63) is 0 Å². The number of rotatable bonds is 82. The van der Waals surface area contributed by atoms with Gasteiger partial charge in [0.05, 0.1) is 26.4 Å². The zero-order valence-corrected chi connectivity index (χ0v) is 67.8. The predicted molar refractivity (Wildman–Crippen MR) is 414 cm³/mol. The molecule has 0 aromatic carbocycles. The topological polar surface area (TPSA) is 237 Å². The molecule has 19 heteroatoms. The van der Waals surface area contributed by atoms with E-state index in [1.54, 1.807) is 0 Å². The zero-order valence-electron chi connectivity index (χ0n) is 66.1. The lowest BCUT2D eigenvalue weighted by Gasteiger charge is -2.21. The van der Waals surface area contributed by atoms with Gasteiger partial charge in [-0.15, -0.1) is 0 Å². The zero-order chi connectivity index (χ0) is 74.1. The Morgan fingerprint density at radius 3 is 0.703 bits per heavy atom. The van der Waals surface area contributed by atoms with Gasteiger partial charge in [0.2, 0.25) is 0 Å². The minimum atomic E-state index is -4.96. The van der Waals surface area contributed by atoms with Crippen molar-refractivity contribution in [1.82, 2.24) is 0 Å². The first-order chi connectivity index (χ1) is 49.1. The molecule has 0 aliphatic heterocycles. The highest BCUT2D eigenvalue weighted by Crippen LogP contribution is 2.45. The van der Waals surface area contributed by atoms with Crippen molar-refractivity contribution in [2.45, 2.75) is 457 Å². The lowest BCUT2D eigenvalue weighted by atomic mass is 9.99. The molecule has 0 amide bonds. The number of carbonyl (C=O) groups excluding carboxylic acids is 4. The minimum Gasteiger partial charge on any atom is -0.462 e. The van der Waals surface area contributed by atoms with Crippen LogP contribution >= 0.6 is 15.6 Å². The van der Waals surface area contributed by atoms with Crippen LogP contribution in [0.25, 0.3) is 0 Å². The number of hydrogen-bond donors (Lipinski definition) is 3. The van der Waals surface area contributed by atoms with Crippen LogP contribution in [0.4, 0.5) is 0 Å². The van der Waals surface area contributed by atoms with Gasteiger partial charge < -0.3 is 33.8 Å². The van der Waals surface area contributed by atoms with Gasteiger partial charge in [-0.2, -0.15) is 0 Å². The third kappa shape index (κ3) is 74.7. The van der Waals surface area contributed by atoms with Crippen LogP contribution in [-0.4, -0.2) is 96.7 Å². The van der Waals surface area contributed by atoms with Crippen LogP contribution in [0.15, 0.2) is 0 Å². The molecular formula is C82H160O17P2. The van der Waals surface area contributed by atoms with Crippen LogP contribution in [-0.2, 0) is 65.4 Å². The quantitative estimate of drug-likeness (QED) is 0.0222. The molecule has 0 aliphatic rings. The third-order valence-electron chi connectivity index (χ3n) is 19.6. The average Bonchev–Trinajstić information content (AvgIpc) is 0.934. The van der Waals surface area contributed by atoms with E-state index in [1.807, 2.05) is 0 Å². The lowest BCUT2D eigenvalue weighted by molar-refractivity contribution is -0.161. The fourth-order valence-electron chi connectivity index (χ4n) is 12.7. The van der Waals surface area contributed by atoms with Crippen molar-refractivity contribution in [3.8, 4) is 0 Å². The highest BCUT2D eigenvalue weighted by Gasteiger charge is 2.30. The van der Waals surface area contributed by atoms with E-state index in [0.29, 0.717) is 25.7 Å². The van der Waals surface area contributed by atoms with Gasteiger partial charge in [0, 0.05) is 25.7 Å². The fraction of sp³-hybridized carbons (Fsp3) is 0.951. The number of unbranched alkanes of at least 4 members (excludes halogenated alkanes) is 53. The van der Waals surface area contributed by atoms with Crippen LogP contribution < -0.4 is 0 Å². The van der Waals surface area contributed by atoms with Crippen LogP contribution in [0, 0.1) is 5.92 Å². The molecule has 0 rings (SSSR count). The minimum absolute atomic E-state index is 0.106. The predicted octanol–water partition coefficient (Wildman–Crippen LogP) is 24.8. The molecule has 0 aromatic heterocycles. The molecule has 3 N–H and O–H groups in total. The van der Waals surface area contributed by atoms with Gasteiger partial charge in [-0.1, -0.05) is 388 Å². The number of phosphoric acid groups is 2. The summed E-state index contributed by atoms with van der Waals surface area (Å²) in [6, 6.07) is 0. The van der Waals surface area contributed by atoms with Gasteiger partial charge >= 0.3 is 39.5 Å². The maximum atomic E-state index is 13.1. The highest BCUT2D eigenvalue weighted by molar-refractivity contribution is 7.47. The van der Waals surface area contributed by atoms with Crippen molar-refractivity contribution in [2.24, 2.45) is 5.92 Å². The van der Waals surface area contributed by atoms with Gasteiger partial charge in [-0.25, -0.2) is 9.13 Å². The molecule has 0 aromatic rings. The first-order valence-electron chi connectivity index (χ1n) is 42.7. The van der Waals surface area contributed by atoms with Crippen LogP contribution in [0.2, 0.25) is 0 Å². The van der Waals surface area contributed by atoms with Crippen LogP contribution in [0.5, 0.6) is 0 Å². The summed E-state index contributed by atoms with van der Waals surface area (Å²) in [6.45, 7) is 7.33. The Labute approximate surface area is 619 Å². The summed E-state index contributed by atoms with van der Waals surface area (Å²) in [6.07, 6.45) is 66.6. The molecule has 3 unspecified atom stereocenters. The molecule has 0 spiro atoms. The van der Waals surface area contributed by atoms with Gasteiger partial charge in [-0.3, -0.25) is 37.3 Å². The van der Waals surface area contributed by atoms with Gasteiger partial charge in [0.25, 0.3) is 0 Å². The number of carbonyl (C=O) groups is 4. The maximum absolute atomic E-state index is 13.1. The molecule has 0 fully saturated rings. The van der Waals surface area contributed by atoms with E-state index in [9.17, 15) is 43.2 Å². The Bertz CT molecular complexity index is 1930. The number of phosphoric ester groups is 2. The Morgan fingerprint density at radius 1 is 0.277 bits per heavy atom. The van der Waals surface area contributed by atoms with E-state index < -0.39 is 97.5 Å². The van der Waals surface area contributed by atoms with Gasteiger partial charge in [0.1, 0.15) is 19.3 Å². The van der Waals surface area contributed by atoms with Gasteiger partial charge in [0.15, 0.2) is 12.2 Å². The molecule has 0 saturated heterocycles. The summed E-state index contributed by atoms with van der Waals surface area (Å²) >= 11 is 0. The third-order valence-corrected chi connectivity index (χ3v) is 21.5. The number of ether oxygens (including phenoxy) is 4. The molecule has 0 heterocycles. The first-order valence-corrected chi connectivity index (χ1v) is 45.7. The first kappa shape index (κ1) is 99.1. The Kier molecular flexibility index (Phi) is 73.5. The second-order valence-electron chi connectivity index (χ2n) is 29.8. The smallest absolute Gasteiger partial charge is 0.462 e. The molecule has 0 saturated carbocycles. The normalized spacial score (nSPS) is 14.1. The van der Waals surface area contributed by atoms with Crippen molar-refractivity contribution >= 4 is 39.5 Å². The second-order valence-corrected chi connectivity index (χ2v) is 32.7. The van der Waals surface area contributed by atoms with Crippen LogP contribution in [0.1, 0.15) is 439 Å². The van der Waals surface area contributed by atoms with E-state index in [-0.39, 0.29) is 25.7 Å². The Balaban J connectivity index is 5.23. The number of aliphatic hydroxyl groups is 1.